The van der Waals surface area contributed by atoms with Crippen molar-refractivity contribution >= 4 is 41.5 Å². The number of nitrogens with two attached hydrogens (primary N) is 1. The normalized spacial score (nSPS) is 14.4. The van der Waals surface area contributed by atoms with Gasteiger partial charge in [0.2, 0.25) is 5.91 Å². The van der Waals surface area contributed by atoms with Crippen molar-refractivity contribution in [2.24, 2.45) is 16.6 Å². The molecule has 1 aromatic carbocycles. The molecule has 1 amide bonds. The first-order valence-corrected chi connectivity index (χ1v) is 9.54. The number of nitrogens with zero attached hydrogens (tertiary/aromatic N) is 2. The van der Waals surface area contributed by atoms with E-state index in [-0.39, 0.29) is 35.8 Å². The van der Waals surface area contributed by atoms with Gasteiger partial charge in [0.05, 0.1) is 6.54 Å². The quantitative estimate of drug-likeness (QED) is 0.313. The summed E-state index contributed by atoms with van der Waals surface area (Å²) in [5.74, 6) is 0.695. The summed E-state index contributed by atoms with van der Waals surface area (Å²) in [6, 6.07) is 13.6. The molecule has 2 aromatic rings. The van der Waals surface area contributed by atoms with Crippen LogP contribution in [0.25, 0.3) is 0 Å². The van der Waals surface area contributed by atoms with Gasteiger partial charge in [-0.25, -0.2) is 4.99 Å². The number of carbonyl (C=O) groups excluding carboxylic acids is 1. The van der Waals surface area contributed by atoms with Gasteiger partial charge >= 0.3 is 0 Å². The summed E-state index contributed by atoms with van der Waals surface area (Å²) in [4.78, 5) is 20.9. The molecule has 1 aliphatic rings. The first-order valence-electron chi connectivity index (χ1n) is 9.54. The first kappa shape index (κ1) is 22.1. The zero-order valence-corrected chi connectivity index (χ0v) is 18.3. The van der Waals surface area contributed by atoms with Gasteiger partial charge in [0.15, 0.2) is 5.96 Å². The Morgan fingerprint density at radius 1 is 1.18 bits per heavy atom. The lowest BCUT2D eigenvalue weighted by Gasteiger charge is -2.11. The highest BCUT2D eigenvalue weighted by Gasteiger charge is 2.22. The van der Waals surface area contributed by atoms with E-state index in [1.165, 1.54) is 0 Å². The maximum atomic E-state index is 12.3. The fraction of sp³-hybridized carbons (Fsp3) is 0.381. The topological polar surface area (TPSA) is 92.4 Å². The Morgan fingerprint density at radius 2 is 2.00 bits per heavy atom. The molecule has 0 saturated heterocycles. The number of hydrogen-bond acceptors (Lipinski definition) is 3. The van der Waals surface area contributed by atoms with Gasteiger partial charge in [0.1, 0.15) is 0 Å². The summed E-state index contributed by atoms with van der Waals surface area (Å²) in [6.45, 7) is 1.15. The number of benzene rings is 1. The molecule has 0 spiro atoms. The molecule has 6 nitrogen and oxygen atoms in total. The van der Waals surface area contributed by atoms with E-state index in [1.54, 1.807) is 6.20 Å². The van der Waals surface area contributed by atoms with Crippen molar-refractivity contribution in [3.8, 4) is 0 Å². The van der Waals surface area contributed by atoms with Crippen LogP contribution in [0, 0.1) is 5.92 Å². The predicted octanol–water partition coefficient (Wildman–Crippen LogP) is 3.48. The second kappa shape index (κ2) is 11.6. The third-order valence-corrected chi connectivity index (χ3v) is 4.77. The molecule has 0 radical (unpaired) electrons. The fourth-order valence-corrected chi connectivity index (χ4v) is 3.28. The maximum absolute atomic E-state index is 12.3. The Bertz CT molecular complexity index is 775. The van der Waals surface area contributed by atoms with Crippen molar-refractivity contribution in [3.05, 3.63) is 59.9 Å². The minimum absolute atomic E-state index is 0. The number of anilines is 1. The molecule has 1 aromatic heterocycles. The van der Waals surface area contributed by atoms with Crippen LogP contribution in [-0.4, -0.2) is 23.4 Å². The summed E-state index contributed by atoms with van der Waals surface area (Å²) >= 11 is 0. The van der Waals surface area contributed by atoms with E-state index in [0.29, 0.717) is 19.0 Å². The standard InChI is InChI=1S/C21H27N5O.HI/c22-21(24-13-11-18-9-3-4-12-23-18)25-15-16-6-5-10-19(14-16)26-20(27)17-7-1-2-8-17;/h3-6,9-10,12,14,17H,1-2,7-8,11,13,15H2,(H,26,27)(H3,22,24,25);1H. The molecule has 0 unspecified atom stereocenters. The van der Waals surface area contributed by atoms with Gasteiger partial charge in [-0.3, -0.25) is 9.78 Å². The molecule has 1 heterocycles. The van der Waals surface area contributed by atoms with Crippen LogP contribution >= 0.6 is 24.0 Å². The van der Waals surface area contributed by atoms with Crippen LogP contribution in [0.2, 0.25) is 0 Å². The SMILES string of the molecule is I.NC(=NCc1cccc(NC(=O)C2CCCC2)c1)NCCc1ccccn1. The summed E-state index contributed by atoms with van der Waals surface area (Å²) in [6.07, 6.45) is 6.87. The second-order valence-electron chi connectivity index (χ2n) is 6.87. The van der Waals surface area contributed by atoms with Crippen molar-refractivity contribution in [2.45, 2.75) is 38.6 Å². The highest BCUT2D eigenvalue weighted by molar-refractivity contribution is 14.0. The molecular formula is C21H28IN5O. The number of aliphatic imine (C=N–C) groups is 1. The average Bonchev–Trinajstić information content (AvgIpc) is 3.23. The lowest BCUT2D eigenvalue weighted by molar-refractivity contribution is -0.119. The van der Waals surface area contributed by atoms with Gasteiger partial charge in [-0.2, -0.15) is 0 Å². The zero-order valence-electron chi connectivity index (χ0n) is 15.9. The summed E-state index contributed by atoms with van der Waals surface area (Å²) in [5.41, 5.74) is 8.78. The lowest BCUT2D eigenvalue weighted by atomic mass is 10.1. The van der Waals surface area contributed by atoms with Crippen LogP contribution in [-0.2, 0) is 17.8 Å². The Labute approximate surface area is 183 Å². The highest BCUT2D eigenvalue weighted by Crippen LogP contribution is 2.26. The van der Waals surface area contributed by atoms with E-state index in [9.17, 15) is 4.79 Å². The van der Waals surface area contributed by atoms with Gasteiger partial charge in [-0.1, -0.05) is 31.0 Å². The van der Waals surface area contributed by atoms with Gasteiger partial charge in [0, 0.05) is 36.5 Å². The van der Waals surface area contributed by atoms with Crippen LogP contribution in [0.5, 0.6) is 0 Å². The highest BCUT2D eigenvalue weighted by atomic mass is 127. The van der Waals surface area contributed by atoms with E-state index in [1.807, 2.05) is 42.5 Å². The third kappa shape index (κ3) is 7.10. The Kier molecular flexibility index (Phi) is 9.19. The fourth-order valence-electron chi connectivity index (χ4n) is 3.28. The molecule has 1 saturated carbocycles. The number of nitrogens with one attached hydrogen (secondary N) is 2. The molecule has 1 aliphatic carbocycles. The largest absolute Gasteiger partial charge is 0.370 e. The molecular weight excluding hydrogens is 465 g/mol. The molecule has 28 heavy (non-hydrogen) atoms. The monoisotopic (exact) mass is 493 g/mol. The lowest BCUT2D eigenvalue weighted by Crippen LogP contribution is -2.33. The number of rotatable bonds is 7. The minimum atomic E-state index is 0. The molecule has 0 atom stereocenters. The minimum Gasteiger partial charge on any atom is -0.370 e. The van der Waals surface area contributed by atoms with Crippen molar-refractivity contribution in [3.63, 3.8) is 0 Å². The number of pyridine rings is 1. The number of halogens is 1. The third-order valence-electron chi connectivity index (χ3n) is 4.77. The maximum Gasteiger partial charge on any atom is 0.227 e. The molecule has 1 fully saturated rings. The van der Waals surface area contributed by atoms with Gasteiger partial charge in [-0.05, 0) is 42.7 Å². The number of guanidine groups is 1. The average molecular weight is 493 g/mol. The molecule has 0 aliphatic heterocycles. The van der Waals surface area contributed by atoms with E-state index < -0.39 is 0 Å². The Hall–Kier alpha value is -2.16. The zero-order chi connectivity index (χ0) is 18.9. The van der Waals surface area contributed by atoms with E-state index in [0.717, 1.165) is 49.0 Å². The molecule has 4 N–H and O–H groups in total. The Balaban J connectivity index is 0.00000280. The van der Waals surface area contributed by atoms with E-state index in [4.69, 9.17) is 5.73 Å². The van der Waals surface area contributed by atoms with Crippen LogP contribution < -0.4 is 16.4 Å². The smallest absolute Gasteiger partial charge is 0.227 e. The van der Waals surface area contributed by atoms with Crippen LogP contribution in [0.3, 0.4) is 0 Å². The predicted molar refractivity (Wildman–Crippen MR) is 124 cm³/mol. The number of carbonyl (C=O) groups is 1. The second-order valence-corrected chi connectivity index (χ2v) is 6.87. The number of aromatic nitrogens is 1. The van der Waals surface area contributed by atoms with Gasteiger partial charge in [0.25, 0.3) is 0 Å². The van der Waals surface area contributed by atoms with Crippen LogP contribution in [0.4, 0.5) is 5.69 Å². The van der Waals surface area contributed by atoms with Crippen molar-refractivity contribution in [1.29, 1.82) is 0 Å². The van der Waals surface area contributed by atoms with Crippen molar-refractivity contribution in [1.82, 2.24) is 10.3 Å². The van der Waals surface area contributed by atoms with Crippen molar-refractivity contribution < 1.29 is 4.79 Å². The molecule has 3 rings (SSSR count). The number of amides is 1. The van der Waals surface area contributed by atoms with E-state index >= 15 is 0 Å². The van der Waals surface area contributed by atoms with Gasteiger partial charge in [-0.15, -0.1) is 24.0 Å². The Morgan fingerprint density at radius 3 is 2.75 bits per heavy atom. The number of hydrogen-bond donors (Lipinski definition) is 3. The van der Waals surface area contributed by atoms with Crippen LogP contribution in [0.1, 0.15) is 36.9 Å². The van der Waals surface area contributed by atoms with E-state index in [2.05, 4.69) is 20.6 Å². The summed E-state index contributed by atoms with van der Waals surface area (Å²) < 4.78 is 0. The summed E-state index contributed by atoms with van der Waals surface area (Å²) in [7, 11) is 0. The van der Waals surface area contributed by atoms with Crippen LogP contribution in [0.15, 0.2) is 53.7 Å². The summed E-state index contributed by atoms with van der Waals surface area (Å²) in [5, 5.41) is 6.13. The van der Waals surface area contributed by atoms with Gasteiger partial charge < -0.3 is 16.4 Å². The molecule has 150 valence electrons. The van der Waals surface area contributed by atoms with Crippen molar-refractivity contribution in [2.75, 3.05) is 11.9 Å². The molecule has 0 bridgehead atoms. The first-order chi connectivity index (χ1) is 13.2. The molecule has 7 heteroatoms.